The van der Waals surface area contributed by atoms with Crippen molar-refractivity contribution < 1.29 is 4.79 Å². The van der Waals surface area contributed by atoms with E-state index in [2.05, 4.69) is 25.9 Å². The van der Waals surface area contributed by atoms with E-state index in [4.69, 9.17) is 5.73 Å². The van der Waals surface area contributed by atoms with Crippen molar-refractivity contribution in [3.63, 3.8) is 0 Å². The fraction of sp³-hybridized carbons (Fsp3) is 0.389. The fourth-order valence-electron chi connectivity index (χ4n) is 2.60. The van der Waals surface area contributed by atoms with Crippen molar-refractivity contribution in [2.45, 2.75) is 32.1 Å². The number of nitrogens with zero attached hydrogens (tertiary/aromatic N) is 2. The zero-order valence-electron chi connectivity index (χ0n) is 15.2. The molecule has 148 valence electrons. The number of halogens is 2. The normalized spacial score (nSPS) is 12.4. The van der Waals surface area contributed by atoms with Gasteiger partial charge in [0.25, 0.3) is 0 Å². The molecule has 1 saturated carbocycles. The molecular formula is C18H26Cl2N6O. The summed E-state index contributed by atoms with van der Waals surface area (Å²) in [6.07, 6.45) is 5.19. The summed E-state index contributed by atoms with van der Waals surface area (Å²) in [6.45, 7) is 2.93. The third kappa shape index (κ3) is 6.86. The number of hydrogen-bond donors (Lipinski definition) is 4. The van der Waals surface area contributed by atoms with E-state index in [0.717, 1.165) is 30.2 Å². The van der Waals surface area contributed by atoms with Crippen LogP contribution in [0.5, 0.6) is 0 Å². The Hall–Kier alpha value is -2.09. The lowest BCUT2D eigenvalue weighted by Gasteiger charge is -2.13. The number of rotatable bonds is 8. The maximum atomic E-state index is 11.2. The molecule has 1 aromatic carbocycles. The van der Waals surface area contributed by atoms with Gasteiger partial charge in [0.15, 0.2) is 0 Å². The summed E-state index contributed by atoms with van der Waals surface area (Å²) in [7, 11) is 0. The third-order valence-electron chi connectivity index (χ3n) is 3.95. The number of carbonyl (C=O) groups is 1. The summed E-state index contributed by atoms with van der Waals surface area (Å²) in [5.74, 6) is 1.87. The Labute approximate surface area is 171 Å². The van der Waals surface area contributed by atoms with Gasteiger partial charge in [-0.05, 0) is 49.9 Å². The molecule has 0 saturated heterocycles. The third-order valence-corrected chi connectivity index (χ3v) is 3.95. The molecule has 0 radical (unpaired) electrons. The largest absolute Gasteiger partial charge is 0.370 e. The van der Waals surface area contributed by atoms with Gasteiger partial charge in [-0.3, -0.25) is 4.79 Å². The second-order valence-corrected chi connectivity index (χ2v) is 6.23. The number of carbonyl (C=O) groups excluding carboxylic acids is 1. The van der Waals surface area contributed by atoms with E-state index in [1.54, 1.807) is 0 Å². The van der Waals surface area contributed by atoms with E-state index in [-0.39, 0.29) is 30.7 Å². The molecule has 1 aromatic heterocycles. The molecular weight excluding hydrogens is 387 g/mol. The van der Waals surface area contributed by atoms with Gasteiger partial charge in [0.1, 0.15) is 5.82 Å². The van der Waals surface area contributed by atoms with E-state index in [9.17, 15) is 4.79 Å². The molecule has 0 spiro atoms. The highest BCUT2D eigenvalue weighted by molar-refractivity contribution is 5.89. The first kappa shape index (κ1) is 23.0. The van der Waals surface area contributed by atoms with Crippen LogP contribution < -0.4 is 21.7 Å². The summed E-state index contributed by atoms with van der Waals surface area (Å²) >= 11 is 0. The Morgan fingerprint density at radius 1 is 1.26 bits per heavy atom. The van der Waals surface area contributed by atoms with Crippen molar-refractivity contribution >= 4 is 53.9 Å². The quantitative estimate of drug-likeness (QED) is 0.493. The van der Waals surface area contributed by atoms with Crippen LogP contribution in [0.1, 0.15) is 37.7 Å². The number of benzene rings is 1. The second-order valence-electron chi connectivity index (χ2n) is 6.23. The Kier molecular flexibility index (Phi) is 9.28. The van der Waals surface area contributed by atoms with Gasteiger partial charge in [0, 0.05) is 36.6 Å². The summed E-state index contributed by atoms with van der Waals surface area (Å²) in [6, 6.07) is 7.46. The second kappa shape index (κ2) is 10.9. The molecule has 0 atom stereocenters. The number of nitrogens with one attached hydrogen (secondary N) is 3. The molecule has 1 aliphatic carbocycles. The molecule has 0 unspecified atom stereocenters. The van der Waals surface area contributed by atoms with Crippen molar-refractivity contribution in [1.82, 2.24) is 9.97 Å². The maximum absolute atomic E-state index is 11.2. The summed E-state index contributed by atoms with van der Waals surface area (Å²) < 4.78 is 0. The number of hydrogen-bond acceptors (Lipinski definition) is 6. The Bertz CT molecular complexity index is 754. The van der Waals surface area contributed by atoms with Crippen LogP contribution in [0.2, 0.25) is 0 Å². The topological polar surface area (TPSA) is 105 Å². The standard InChI is InChI=1S/C18H24N6O.2ClH/c1-12(25)22-14-4-2-5-15(10-14)23-18-21-11-16(13-6-7-13)17(24-18)20-9-3-8-19;;/h2,4-5,10-11,13H,3,6-9,19H2,1H3,(H,22,25)(H2,20,21,23,24);2*1H. The van der Waals surface area contributed by atoms with Crippen LogP contribution in [0, 0.1) is 0 Å². The lowest BCUT2D eigenvalue weighted by Crippen LogP contribution is -2.12. The van der Waals surface area contributed by atoms with Gasteiger partial charge in [-0.1, -0.05) is 6.07 Å². The van der Waals surface area contributed by atoms with Crippen LogP contribution in [-0.4, -0.2) is 29.0 Å². The molecule has 0 aliphatic heterocycles. The molecule has 0 bridgehead atoms. The van der Waals surface area contributed by atoms with E-state index in [1.165, 1.54) is 25.3 Å². The SMILES string of the molecule is CC(=O)Nc1cccc(Nc2ncc(C3CC3)c(NCCCN)n2)c1.Cl.Cl. The minimum atomic E-state index is -0.103. The zero-order chi connectivity index (χ0) is 17.6. The van der Waals surface area contributed by atoms with Crippen LogP contribution >= 0.6 is 24.8 Å². The minimum Gasteiger partial charge on any atom is -0.370 e. The fourth-order valence-corrected chi connectivity index (χ4v) is 2.60. The average Bonchev–Trinajstić information content (AvgIpc) is 3.40. The molecule has 9 heteroatoms. The molecule has 3 rings (SSSR count). The van der Waals surface area contributed by atoms with Gasteiger partial charge in [-0.2, -0.15) is 4.98 Å². The summed E-state index contributed by atoms with van der Waals surface area (Å²) in [5.41, 5.74) is 8.29. The molecule has 1 aliphatic rings. The molecule has 7 nitrogen and oxygen atoms in total. The van der Waals surface area contributed by atoms with E-state index < -0.39 is 0 Å². The molecule has 1 amide bonds. The number of nitrogens with two attached hydrogens (primary N) is 1. The van der Waals surface area contributed by atoms with Crippen molar-refractivity contribution in [3.05, 3.63) is 36.0 Å². The van der Waals surface area contributed by atoms with E-state index >= 15 is 0 Å². The molecule has 27 heavy (non-hydrogen) atoms. The smallest absolute Gasteiger partial charge is 0.229 e. The van der Waals surface area contributed by atoms with Crippen LogP contribution in [0.3, 0.4) is 0 Å². The lowest BCUT2D eigenvalue weighted by molar-refractivity contribution is -0.114. The molecule has 5 N–H and O–H groups in total. The Morgan fingerprint density at radius 3 is 2.67 bits per heavy atom. The Morgan fingerprint density at radius 2 is 2.00 bits per heavy atom. The van der Waals surface area contributed by atoms with Gasteiger partial charge in [-0.25, -0.2) is 4.98 Å². The van der Waals surface area contributed by atoms with Crippen LogP contribution in [-0.2, 0) is 4.79 Å². The first-order chi connectivity index (χ1) is 12.2. The first-order valence-electron chi connectivity index (χ1n) is 8.61. The maximum Gasteiger partial charge on any atom is 0.229 e. The average molecular weight is 413 g/mol. The Balaban J connectivity index is 0.00000182. The lowest BCUT2D eigenvalue weighted by atomic mass is 10.2. The highest BCUT2D eigenvalue weighted by Gasteiger charge is 2.27. The van der Waals surface area contributed by atoms with Gasteiger partial charge < -0.3 is 21.7 Å². The first-order valence-corrected chi connectivity index (χ1v) is 8.61. The van der Waals surface area contributed by atoms with Crippen LogP contribution in [0.15, 0.2) is 30.5 Å². The number of anilines is 4. The number of aromatic nitrogens is 2. The van der Waals surface area contributed by atoms with Crippen molar-refractivity contribution in [1.29, 1.82) is 0 Å². The van der Waals surface area contributed by atoms with Gasteiger partial charge in [-0.15, -0.1) is 24.8 Å². The highest BCUT2D eigenvalue weighted by atomic mass is 35.5. The van der Waals surface area contributed by atoms with Gasteiger partial charge in [0.05, 0.1) is 0 Å². The van der Waals surface area contributed by atoms with E-state index in [0.29, 0.717) is 18.4 Å². The zero-order valence-corrected chi connectivity index (χ0v) is 16.8. The van der Waals surface area contributed by atoms with Crippen LogP contribution in [0.25, 0.3) is 0 Å². The monoisotopic (exact) mass is 412 g/mol. The van der Waals surface area contributed by atoms with Crippen molar-refractivity contribution in [3.8, 4) is 0 Å². The predicted octanol–water partition coefficient (Wildman–Crippen LogP) is 3.66. The summed E-state index contributed by atoms with van der Waals surface area (Å²) in [5, 5.41) is 9.33. The van der Waals surface area contributed by atoms with Crippen molar-refractivity contribution in [2.75, 3.05) is 29.0 Å². The minimum absolute atomic E-state index is 0. The van der Waals surface area contributed by atoms with Gasteiger partial charge in [0.2, 0.25) is 11.9 Å². The molecule has 1 fully saturated rings. The molecule has 2 aromatic rings. The number of amides is 1. The van der Waals surface area contributed by atoms with Crippen LogP contribution in [0.4, 0.5) is 23.1 Å². The van der Waals surface area contributed by atoms with E-state index in [1.807, 2.05) is 30.5 Å². The van der Waals surface area contributed by atoms with Crippen molar-refractivity contribution in [2.24, 2.45) is 5.73 Å². The predicted molar refractivity (Wildman–Crippen MR) is 115 cm³/mol. The summed E-state index contributed by atoms with van der Waals surface area (Å²) in [4.78, 5) is 20.3. The van der Waals surface area contributed by atoms with Gasteiger partial charge >= 0.3 is 0 Å². The molecule has 1 heterocycles. The highest BCUT2D eigenvalue weighted by Crippen LogP contribution is 2.42.